The summed E-state index contributed by atoms with van der Waals surface area (Å²) in [5.74, 6) is 0. The number of rotatable bonds is 5. The van der Waals surface area contributed by atoms with E-state index < -0.39 is 0 Å². The van der Waals surface area contributed by atoms with Crippen LogP contribution in [-0.4, -0.2) is 13.1 Å². The predicted molar refractivity (Wildman–Crippen MR) is 77.8 cm³/mol. The SMILES string of the molecule is CNC([CH]c1cccc(Cl)c1)Cc1ccccc1. The first-order chi connectivity index (χ1) is 8.78. The summed E-state index contributed by atoms with van der Waals surface area (Å²) in [7, 11) is 1.98. The summed E-state index contributed by atoms with van der Waals surface area (Å²) >= 11 is 5.99. The Balaban J connectivity index is 2.01. The van der Waals surface area contributed by atoms with E-state index in [1.807, 2.05) is 31.3 Å². The molecule has 2 aromatic rings. The van der Waals surface area contributed by atoms with E-state index in [0.717, 1.165) is 17.0 Å². The maximum absolute atomic E-state index is 5.99. The molecule has 1 atom stereocenters. The number of hydrogen-bond acceptors (Lipinski definition) is 1. The zero-order chi connectivity index (χ0) is 12.8. The second-order valence-electron chi connectivity index (χ2n) is 4.31. The Kier molecular flexibility index (Phi) is 4.80. The van der Waals surface area contributed by atoms with Crippen LogP contribution in [0.15, 0.2) is 54.6 Å². The summed E-state index contributed by atoms with van der Waals surface area (Å²) in [5, 5.41) is 4.10. The van der Waals surface area contributed by atoms with E-state index in [1.54, 1.807) is 0 Å². The number of likely N-dealkylation sites (N-methyl/N-ethyl adjacent to an activating group) is 1. The molecule has 2 aromatic carbocycles. The average Bonchev–Trinajstić information content (AvgIpc) is 2.39. The first-order valence-corrected chi connectivity index (χ1v) is 6.47. The molecule has 0 spiro atoms. The van der Waals surface area contributed by atoms with Gasteiger partial charge in [0.05, 0.1) is 0 Å². The van der Waals surface area contributed by atoms with Gasteiger partial charge in [-0.05, 0) is 36.7 Å². The molecule has 0 saturated carbocycles. The molecule has 2 heteroatoms. The molecule has 1 unspecified atom stereocenters. The van der Waals surface area contributed by atoms with Gasteiger partial charge >= 0.3 is 0 Å². The standard InChI is InChI=1S/C16H17ClN/c1-18-16(11-13-6-3-2-4-7-13)12-14-8-5-9-15(17)10-14/h2-10,12,16,18H,11H2,1H3. The Hall–Kier alpha value is -1.31. The molecule has 0 aliphatic rings. The molecule has 0 fully saturated rings. The zero-order valence-electron chi connectivity index (χ0n) is 10.4. The average molecular weight is 259 g/mol. The highest BCUT2D eigenvalue weighted by molar-refractivity contribution is 6.30. The minimum atomic E-state index is 0.311. The number of benzene rings is 2. The lowest BCUT2D eigenvalue weighted by atomic mass is 9.99. The largest absolute Gasteiger partial charge is 0.316 e. The lowest BCUT2D eigenvalue weighted by Gasteiger charge is -2.16. The summed E-state index contributed by atoms with van der Waals surface area (Å²) in [5.41, 5.74) is 2.48. The first-order valence-electron chi connectivity index (χ1n) is 6.09. The second kappa shape index (κ2) is 6.58. The third-order valence-electron chi connectivity index (χ3n) is 2.91. The Bertz CT molecular complexity index is 481. The highest BCUT2D eigenvalue weighted by Gasteiger charge is 2.08. The van der Waals surface area contributed by atoms with Gasteiger partial charge in [-0.15, -0.1) is 0 Å². The Labute approximate surface area is 114 Å². The Morgan fingerprint density at radius 2 is 1.89 bits per heavy atom. The van der Waals surface area contributed by atoms with E-state index in [2.05, 4.69) is 42.1 Å². The van der Waals surface area contributed by atoms with Crippen LogP contribution in [0.3, 0.4) is 0 Å². The molecule has 0 heterocycles. The molecule has 18 heavy (non-hydrogen) atoms. The van der Waals surface area contributed by atoms with Crippen molar-refractivity contribution in [2.75, 3.05) is 7.05 Å². The van der Waals surface area contributed by atoms with Gasteiger partial charge in [0.1, 0.15) is 0 Å². The minimum absolute atomic E-state index is 0.311. The van der Waals surface area contributed by atoms with Crippen molar-refractivity contribution in [2.24, 2.45) is 0 Å². The smallest absolute Gasteiger partial charge is 0.0408 e. The topological polar surface area (TPSA) is 12.0 Å². The van der Waals surface area contributed by atoms with Crippen LogP contribution < -0.4 is 5.32 Å². The van der Waals surface area contributed by atoms with Crippen LogP contribution in [0.1, 0.15) is 11.1 Å². The van der Waals surface area contributed by atoms with Gasteiger partial charge < -0.3 is 5.32 Å². The van der Waals surface area contributed by atoms with Gasteiger partial charge in [0.2, 0.25) is 0 Å². The third kappa shape index (κ3) is 3.86. The van der Waals surface area contributed by atoms with Gasteiger partial charge in [-0.1, -0.05) is 54.1 Å². The van der Waals surface area contributed by atoms with Crippen LogP contribution in [-0.2, 0) is 6.42 Å². The van der Waals surface area contributed by atoms with Gasteiger partial charge in [-0.25, -0.2) is 0 Å². The molecule has 2 rings (SSSR count). The molecular weight excluding hydrogens is 242 g/mol. The number of hydrogen-bond donors (Lipinski definition) is 1. The van der Waals surface area contributed by atoms with Crippen molar-refractivity contribution in [1.29, 1.82) is 0 Å². The van der Waals surface area contributed by atoms with E-state index in [1.165, 1.54) is 5.56 Å². The summed E-state index contributed by atoms with van der Waals surface area (Å²) in [6.07, 6.45) is 3.18. The van der Waals surface area contributed by atoms with E-state index in [9.17, 15) is 0 Å². The summed E-state index contributed by atoms with van der Waals surface area (Å²) < 4.78 is 0. The molecule has 0 saturated heterocycles. The fourth-order valence-electron chi connectivity index (χ4n) is 1.95. The molecule has 0 aliphatic heterocycles. The molecule has 93 valence electrons. The summed E-state index contributed by atoms with van der Waals surface area (Å²) in [6, 6.07) is 18.7. The fraction of sp³-hybridized carbons (Fsp3) is 0.188. The van der Waals surface area contributed by atoms with Crippen molar-refractivity contribution >= 4 is 11.6 Å². The van der Waals surface area contributed by atoms with Crippen molar-refractivity contribution in [3.05, 3.63) is 77.2 Å². The van der Waals surface area contributed by atoms with Crippen LogP contribution in [0.2, 0.25) is 5.02 Å². The quantitative estimate of drug-likeness (QED) is 0.862. The fourth-order valence-corrected chi connectivity index (χ4v) is 2.15. The first kappa shape index (κ1) is 13.1. The lowest BCUT2D eigenvalue weighted by Crippen LogP contribution is -2.28. The molecule has 1 nitrogen and oxygen atoms in total. The minimum Gasteiger partial charge on any atom is -0.316 e. The predicted octanol–water partition coefficient (Wildman–Crippen LogP) is 3.72. The van der Waals surface area contributed by atoms with Crippen LogP contribution in [0.4, 0.5) is 0 Å². The van der Waals surface area contributed by atoms with Crippen molar-refractivity contribution < 1.29 is 0 Å². The van der Waals surface area contributed by atoms with Crippen LogP contribution in [0.25, 0.3) is 0 Å². The number of nitrogens with one attached hydrogen (secondary N) is 1. The summed E-state index contributed by atoms with van der Waals surface area (Å²) in [6.45, 7) is 0. The Morgan fingerprint density at radius 1 is 1.11 bits per heavy atom. The molecule has 0 aromatic heterocycles. The molecule has 1 radical (unpaired) electrons. The van der Waals surface area contributed by atoms with Crippen molar-refractivity contribution in [1.82, 2.24) is 5.32 Å². The number of halogens is 1. The van der Waals surface area contributed by atoms with E-state index in [-0.39, 0.29) is 0 Å². The maximum Gasteiger partial charge on any atom is 0.0408 e. The lowest BCUT2D eigenvalue weighted by molar-refractivity contribution is 0.634. The van der Waals surface area contributed by atoms with Crippen molar-refractivity contribution in [2.45, 2.75) is 12.5 Å². The van der Waals surface area contributed by atoms with E-state index in [0.29, 0.717) is 6.04 Å². The monoisotopic (exact) mass is 258 g/mol. The van der Waals surface area contributed by atoms with Crippen molar-refractivity contribution in [3.63, 3.8) is 0 Å². The van der Waals surface area contributed by atoms with Crippen LogP contribution in [0, 0.1) is 6.42 Å². The molecule has 0 bridgehead atoms. The maximum atomic E-state index is 5.99. The molecule has 1 N–H and O–H groups in total. The van der Waals surface area contributed by atoms with E-state index >= 15 is 0 Å². The highest BCUT2D eigenvalue weighted by atomic mass is 35.5. The van der Waals surface area contributed by atoms with Gasteiger partial charge in [0, 0.05) is 17.5 Å². The van der Waals surface area contributed by atoms with Gasteiger partial charge in [0.15, 0.2) is 0 Å². The van der Waals surface area contributed by atoms with Crippen LogP contribution >= 0.6 is 11.6 Å². The molecular formula is C16H17ClN. The molecule has 0 aliphatic carbocycles. The van der Waals surface area contributed by atoms with Crippen LogP contribution in [0.5, 0.6) is 0 Å². The third-order valence-corrected chi connectivity index (χ3v) is 3.15. The Morgan fingerprint density at radius 3 is 2.56 bits per heavy atom. The second-order valence-corrected chi connectivity index (χ2v) is 4.74. The summed E-state index contributed by atoms with van der Waals surface area (Å²) in [4.78, 5) is 0. The van der Waals surface area contributed by atoms with Crippen molar-refractivity contribution in [3.8, 4) is 0 Å². The normalized spacial score (nSPS) is 12.3. The molecule has 0 amide bonds. The van der Waals surface area contributed by atoms with E-state index in [4.69, 9.17) is 11.6 Å². The van der Waals surface area contributed by atoms with Gasteiger partial charge in [-0.2, -0.15) is 0 Å². The van der Waals surface area contributed by atoms with Gasteiger partial charge in [0.25, 0.3) is 0 Å². The van der Waals surface area contributed by atoms with Gasteiger partial charge in [-0.3, -0.25) is 0 Å². The zero-order valence-corrected chi connectivity index (χ0v) is 11.2. The highest BCUT2D eigenvalue weighted by Crippen LogP contribution is 2.15.